The van der Waals surface area contributed by atoms with Gasteiger partial charge in [-0.25, -0.2) is 0 Å². The molecule has 0 aliphatic heterocycles. The number of esters is 1. The molecule has 0 heterocycles. The van der Waals surface area contributed by atoms with Crippen LogP contribution < -0.4 is 16.2 Å². The Hall–Kier alpha value is -1.30. The number of aromatic hydroxyl groups is 1. The number of phenolic OH excluding ortho intramolecular Hbond substituents is 1. The lowest BCUT2D eigenvalue weighted by Gasteiger charge is -2.13. The van der Waals surface area contributed by atoms with Crippen molar-refractivity contribution in [1.82, 2.24) is 0 Å². The van der Waals surface area contributed by atoms with Gasteiger partial charge in [-0.05, 0) is 37.1 Å². The molecule has 5 nitrogen and oxygen atoms in total. The van der Waals surface area contributed by atoms with Crippen molar-refractivity contribution in [1.29, 1.82) is 0 Å². The second kappa shape index (κ2) is 7.92. The first-order valence-electron chi connectivity index (χ1n) is 5.51. The number of phenols is 1. The zero-order chi connectivity index (χ0) is 12.8. The second-order valence-electron chi connectivity index (χ2n) is 3.86. The minimum atomic E-state index is -0.472. The average Bonchev–Trinajstić information content (AvgIpc) is 2.28. The molecule has 0 aromatic heterocycles. The van der Waals surface area contributed by atoms with Gasteiger partial charge in [0.2, 0.25) is 0 Å². The van der Waals surface area contributed by atoms with Crippen LogP contribution in [0.2, 0.25) is 0 Å². The highest BCUT2D eigenvalue weighted by Crippen LogP contribution is 2.29. The molecule has 0 amide bonds. The van der Waals surface area contributed by atoms with Crippen LogP contribution in [-0.4, -0.2) is 17.6 Å². The van der Waals surface area contributed by atoms with Gasteiger partial charge in [-0.1, -0.05) is 6.07 Å². The lowest BCUT2D eigenvalue weighted by atomic mass is 10.0. The third-order valence-corrected chi connectivity index (χ3v) is 2.38. The summed E-state index contributed by atoms with van der Waals surface area (Å²) in [5, 5.41) is 9.66. The number of halogens is 1. The summed E-state index contributed by atoms with van der Waals surface area (Å²) in [7, 11) is 0. The van der Waals surface area contributed by atoms with Gasteiger partial charge in [-0.2, -0.15) is 0 Å². The maximum absolute atomic E-state index is 10.8. The van der Waals surface area contributed by atoms with Gasteiger partial charge in [0, 0.05) is 13.0 Å². The molecule has 6 heteroatoms. The number of nitrogens with two attached hydrogens (primary N) is 2. The molecule has 0 saturated heterocycles. The molecule has 0 aliphatic carbocycles. The number of carbonyl (C=O) groups is 1. The topological polar surface area (TPSA) is 98.6 Å². The largest absolute Gasteiger partial charge is 0.504 e. The Morgan fingerprint density at radius 2 is 2.17 bits per heavy atom. The standard InChI is InChI=1S/C12H18N2O3.ClH/c1-8(15)17-12-5-4-9(7-11(12)16)10(14)3-2-6-13;/h4-5,7,10,16H,2-3,6,13-14H2,1H3;1H/t10-;/m1./s1. The van der Waals surface area contributed by atoms with E-state index in [1.54, 1.807) is 6.07 Å². The van der Waals surface area contributed by atoms with Crippen LogP contribution in [0.4, 0.5) is 0 Å². The van der Waals surface area contributed by atoms with Gasteiger partial charge in [0.25, 0.3) is 0 Å². The van der Waals surface area contributed by atoms with Crippen molar-refractivity contribution in [2.75, 3.05) is 6.54 Å². The quantitative estimate of drug-likeness (QED) is 0.558. The lowest BCUT2D eigenvalue weighted by molar-refractivity contribution is -0.132. The van der Waals surface area contributed by atoms with Crippen molar-refractivity contribution in [3.05, 3.63) is 23.8 Å². The SMILES string of the molecule is CC(=O)Oc1ccc([C@H](N)CCCN)cc1O.Cl. The third kappa shape index (κ3) is 4.91. The fraction of sp³-hybridized carbons (Fsp3) is 0.417. The van der Waals surface area contributed by atoms with Gasteiger partial charge in [0.1, 0.15) is 0 Å². The summed E-state index contributed by atoms with van der Waals surface area (Å²) in [6, 6.07) is 4.61. The van der Waals surface area contributed by atoms with E-state index in [4.69, 9.17) is 16.2 Å². The zero-order valence-electron chi connectivity index (χ0n) is 10.3. The Bertz CT molecular complexity index is 399. The lowest BCUT2D eigenvalue weighted by Crippen LogP contribution is -2.12. The number of benzene rings is 1. The molecule has 1 rings (SSSR count). The molecule has 0 unspecified atom stereocenters. The Morgan fingerprint density at radius 1 is 1.50 bits per heavy atom. The van der Waals surface area contributed by atoms with E-state index < -0.39 is 5.97 Å². The summed E-state index contributed by atoms with van der Waals surface area (Å²) >= 11 is 0. The molecule has 5 N–H and O–H groups in total. The summed E-state index contributed by atoms with van der Waals surface area (Å²) in [6.07, 6.45) is 1.58. The number of hydrogen-bond acceptors (Lipinski definition) is 5. The summed E-state index contributed by atoms with van der Waals surface area (Å²) in [6.45, 7) is 1.87. The van der Waals surface area contributed by atoms with Gasteiger partial charge in [-0.15, -0.1) is 12.4 Å². The molecule has 0 aliphatic rings. The van der Waals surface area contributed by atoms with E-state index in [0.717, 1.165) is 18.4 Å². The first kappa shape index (κ1) is 16.7. The number of ether oxygens (including phenoxy) is 1. The summed E-state index contributed by atoms with van der Waals surface area (Å²) in [5.74, 6) is -0.409. The molecule has 0 fully saturated rings. The molecule has 0 spiro atoms. The number of rotatable bonds is 5. The van der Waals surface area contributed by atoms with Crippen molar-refractivity contribution in [3.63, 3.8) is 0 Å². The maximum Gasteiger partial charge on any atom is 0.308 e. The smallest absolute Gasteiger partial charge is 0.308 e. The predicted molar refractivity (Wildman–Crippen MR) is 71.9 cm³/mol. The Morgan fingerprint density at radius 3 is 2.67 bits per heavy atom. The van der Waals surface area contributed by atoms with E-state index in [1.807, 2.05) is 0 Å². The van der Waals surface area contributed by atoms with Crippen LogP contribution in [0.5, 0.6) is 11.5 Å². The van der Waals surface area contributed by atoms with Crippen molar-refractivity contribution >= 4 is 18.4 Å². The fourth-order valence-corrected chi connectivity index (χ4v) is 1.51. The van der Waals surface area contributed by atoms with Gasteiger partial charge in [-0.3, -0.25) is 4.79 Å². The van der Waals surface area contributed by atoms with Crippen LogP contribution in [-0.2, 0) is 4.79 Å². The van der Waals surface area contributed by atoms with E-state index in [1.165, 1.54) is 19.1 Å². The molecule has 18 heavy (non-hydrogen) atoms. The highest BCUT2D eigenvalue weighted by molar-refractivity contribution is 5.85. The van der Waals surface area contributed by atoms with Gasteiger partial charge < -0.3 is 21.3 Å². The Kier molecular flexibility index (Phi) is 7.35. The monoisotopic (exact) mass is 274 g/mol. The molecule has 1 aromatic carbocycles. The number of carbonyl (C=O) groups excluding carboxylic acids is 1. The highest BCUT2D eigenvalue weighted by Gasteiger charge is 2.10. The van der Waals surface area contributed by atoms with Crippen molar-refractivity contribution in [2.45, 2.75) is 25.8 Å². The predicted octanol–water partition coefficient (Wildman–Crippen LogP) is 1.48. The molecule has 102 valence electrons. The van der Waals surface area contributed by atoms with E-state index in [0.29, 0.717) is 6.54 Å². The summed E-state index contributed by atoms with van der Waals surface area (Å²) in [5.41, 5.74) is 12.1. The van der Waals surface area contributed by atoms with E-state index in [2.05, 4.69) is 0 Å². The van der Waals surface area contributed by atoms with Crippen LogP contribution in [0.25, 0.3) is 0 Å². The second-order valence-corrected chi connectivity index (χ2v) is 3.86. The van der Waals surface area contributed by atoms with Gasteiger partial charge in [0.05, 0.1) is 0 Å². The molecule has 1 aromatic rings. The normalized spacial score (nSPS) is 11.5. The van der Waals surface area contributed by atoms with E-state index >= 15 is 0 Å². The Balaban J connectivity index is 0.00000289. The van der Waals surface area contributed by atoms with Crippen LogP contribution in [0.3, 0.4) is 0 Å². The van der Waals surface area contributed by atoms with Crippen LogP contribution in [0, 0.1) is 0 Å². The van der Waals surface area contributed by atoms with Crippen molar-refractivity contribution in [2.24, 2.45) is 11.5 Å². The van der Waals surface area contributed by atoms with E-state index in [-0.39, 0.29) is 29.9 Å². The van der Waals surface area contributed by atoms with Crippen LogP contribution >= 0.6 is 12.4 Å². The molecular formula is C12H19ClN2O3. The minimum Gasteiger partial charge on any atom is -0.504 e. The first-order chi connectivity index (χ1) is 8.04. The maximum atomic E-state index is 10.8. The van der Waals surface area contributed by atoms with Gasteiger partial charge in [0.15, 0.2) is 11.5 Å². The molecule has 0 saturated carbocycles. The van der Waals surface area contributed by atoms with Crippen molar-refractivity contribution < 1.29 is 14.6 Å². The molecule has 0 radical (unpaired) electrons. The summed E-state index contributed by atoms with van der Waals surface area (Å²) in [4.78, 5) is 10.8. The number of hydrogen-bond donors (Lipinski definition) is 3. The van der Waals surface area contributed by atoms with Crippen LogP contribution in [0.1, 0.15) is 31.4 Å². The summed E-state index contributed by atoms with van der Waals surface area (Å²) < 4.78 is 4.81. The fourth-order valence-electron chi connectivity index (χ4n) is 1.51. The minimum absolute atomic E-state index is 0. The molecule has 0 bridgehead atoms. The average molecular weight is 275 g/mol. The van der Waals surface area contributed by atoms with Crippen LogP contribution in [0.15, 0.2) is 18.2 Å². The van der Waals surface area contributed by atoms with E-state index in [9.17, 15) is 9.90 Å². The van der Waals surface area contributed by atoms with Crippen molar-refractivity contribution in [3.8, 4) is 11.5 Å². The third-order valence-electron chi connectivity index (χ3n) is 2.38. The first-order valence-corrected chi connectivity index (χ1v) is 5.51. The Labute approximate surface area is 113 Å². The highest BCUT2D eigenvalue weighted by atomic mass is 35.5. The van der Waals surface area contributed by atoms with Gasteiger partial charge >= 0.3 is 5.97 Å². The molecule has 1 atom stereocenters. The molecular weight excluding hydrogens is 256 g/mol. The zero-order valence-corrected chi connectivity index (χ0v) is 11.1.